The lowest BCUT2D eigenvalue weighted by molar-refractivity contribution is -0.112. The van der Waals surface area contributed by atoms with Gasteiger partial charge in [-0.15, -0.1) is 0 Å². The summed E-state index contributed by atoms with van der Waals surface area (Å²) in [4.78, 5) is 14.2. The maximum absolute atomic E-state index is 10.8. The number of anilines is 1. The summed E-state index contributed by atoms with van der Waals surface area (Å²) in [6.45, 7) is 2.65. The van der Waals surface area contributed by atoms with E-state index in [0.29, 0.717) is 17.2 Å². The van der Waals surface area contributed by atoms with Gasteiger partial charge in [-0.3, -0.25) is 9.35 Å². The number of fused-ring (bicyclic) bond motifs is 1. The number of benzene rings is 2. The predicted octanol–water partition coefficient (Wildman–Crippen LogP) is 0.541. The van der Waals surface area contributed by atoms with Crippen molar-refractivity contribution in [2.24, 2.45) is 4.99 Å². The molecule has 0 radical (unpaired) electrons. The largest absolute Gasteiger partial charge is 0.494 e. The van der Waals surface area contributed by atoms with Gasteiger partial charge in [-0.1, -0.05) is 0 Å². The normalized spacial score (nSPS) is 12.3. The Kier molecular flexibility index (Phi) is 5.32. The van der Waals surface area contributed by atoms with Gasteiger partial charge in [0, 0.05) is 17.0 Å². The van der Waals surface area contributed by atoms with Crippen molar-refractivity contribution in [3.8, 4) is 5.75 Å². The number of nitrogens with two attached hydrogens (primary N) is 1. The van der Waals surface area contributed by atoms with Gasteiger partial charge in [-0.2, -0.15) is 8.42 Å². The average molecular weight is 348 g/mol. The number of amides is 1. The summed E-state index contributed by atoms with van der Waals surface area (Å²) < 4.78 is 35.4. The lowest BCUT2D eigenvalue weighted by Gasteiger charge is -2.01. The van der Waals surface area contributed by atoms with E-state index in [1.807, 2.05) is 31.2 Å². The molecule has 24 heavy (non-hydrogen) atoms. The molecule has 0 unspecified atom stereocenters. The minimum atomic E-state index is -4.21. The van der Waals surface area contributed by atoms with Crippen LogP contribution in [0.1, 0.15) is 6.92 Å². The molecule has 2 aromatic carbocycles. The topological polar surface area (TPSA) is 119 Å². The van der Waals surface area contributed by atoms with Crippen LogP contribution in [0.4, 0.5) is 5.69 Å². The van der Waals surface area contributed by atoms with Crippen LogP contribution < -0.4 is 21.0 Å². The molecule has 3 rings (SSSR count). The second kappa shape index (κ2) is 7.24. The van der Waals surface area contributed by atoms with Gasteiger partial charge in [0.25, 0.3) is 16.0 Å². The number of ether oxygens (including phenoxy) is 1. The first-order valence-corrected chi connectivity index (χ1v) is 8.44. The summed E-state index contributed by atoms with van der Waals surface area (Å²) in [5.41, 5.74) is 6.23. The Morgan fingerprint density at radius 3 is 2.42 bits per heavy atom. The molecular formula is C16H16N2O5S. The van der Waals surface area contributed by atoms with Gasteiger partial charge in [-0.05, 0) is 49.4 Å². The standard InChI is InChI=1S/C8H5NO4S.C8H11NO/c10-8-4-5-3-6(14(11,12)13)1-2-7(5)9-8;1-2-10-8-5-3-7(9)4-6-8/h1-4H,(H,11,12,13);3-6H,2,9H2,1H3. The number of carbonyl (C=O) groups excluding carboxylic acids is 1. The van der Waals surface area contributed by atoms with E-state index in [2.05, 4.69) is 4.99 Å². The van der Waals surface area contributed by atoms with Crippen LogP contribution in [0.15, 0.2) is 52.4 Å². The Labute approximate surface area is 138 Å². The molecule has 0 atom stereocenters. The quantitative estimate of drug-likeness (QED) is 0.617. The fourth-order valence-electron chi connectivity index (χ4n) is 1.93. The van der Waals surface area contributed by atoms with Crippen LogP contribution in [0.2, 0.25) is 0 Å². The SMILES string of the molecule is CCOc1ccc(N)cc1.O=C1C=c2cc(S(=O)(=O)O)ccc2=N1. The molecule has 1 amide bonds. The molecule has 7 nitrogen and oxygen atoms in total. The van der Waals surface area contributed by atoms with E-state index in [4.69, 9.17) is 15.0 Å². The molecule has 8 heteroatoms. The molecule has 0 fully saturated rings. The monoisotopic (exact) mass is 348 g/mol. The number of nitrogens with zero attached hydrogens (tertiary/aromatic N) is 1. The van der Waals surface area contributed by atoms with Gasteiger partial charge in [0.1, 0.15) is 5.75 Å². The van der Waals surface area contributed by atoms with Crippen molar-refractivity contribution in [1.29, 1.82) is 0 Å². The van der Waals surface area contributed by atoms with Crippen LogP contribution in [0, 0.1) is 0 Å². The minimum absolute atomic E-state index is 0.239. The van der Waals surface area contributed by atoms with Crippen LogP contribution in [0.25, 0.3) is 6.08 Å². The second-order valence-corrected chi connectivity index (χ2v) is 6.21. The van der Waals surface area contributed by atoms with Crippen molar-refractivity contribution in [2.75, 3.05) is 12.3 Å². The molecule has 1 aliphatic heterocycles. The highest BCUT2D eigenvalue weighted by atomic mass is 32.2. The van der Waals surface area contributed by atoms with Crippen molar-refractivity contribution in [2.45, 2.75) is 11.8 Å². The van der Waals surface area contributed by atoms with E-state index in [1.165, 1.54) is 24.3 Å². The summed E-state index contributed by atoms with van der Waals surface area (Å²) >= 11 is 0. The van der Waals surface area contributed by atoms with E-state index in [0.717, 1.165) is 11.4 Å². The Morgan fingerprint density at radius 2 is 1.83 bits per heavy atom. The third-order valence-corrected chi connectivity index (χ3v) is 3.85. The lowest BCUT2D eigenvalue weighted by Crippen LogP contribution is -2.22. The maximum atomic E-state index is 10.8. The molecule has 1 heterocycles. The van der Waals surface area contributed by atoms with E-state index < -0.39 is 16.0 Å². The molecule has 3 N–H and O–H groups in total. The molecule has 0 aliphatic carbocycles. The third kappa shape index (κ3) is 4.64. The first kappa shape index (κ1) is 17.6. The molecule has 1 aliphatic rings. The fraction of sp³-hybridized carbons (Fsp3) is 0.125. The first-order valence-electron chi connectivity index (χ1n) is 7.00. The molecular weight excluding hydrogens is 332 g/mol. The number of rotatable bonds is 3. The highest BCUT2D eigenvalue weighted by Crippen LogP contribution is 2.12. The van der Waals surface area contributed by atoms with E-state index in [1.54, 1.807) is 0 Å². The van der Waals surface area contributed by atoms with Crippen LogP contribution >= 0.6 is 0 Å². The molecule has 0 bridgehead atoms. The number of nitrogen functional groups attached to an aromatic ring is 1. The number of hydrogen-bond acceptors (Lipinski definition) is 5. The highest BCUT2D eigenvalue weighted by Gasteiger charge is 2.11. The Morgan fingerprint density at radius 1 is 1.17 bits per heavy atom. The Hall–Kier alpha value is -2.71. The van der Waals surface area contributed by atoms with E-state index in [-0.39, 0.29) is 4.90 Å². The van der Waals surface area contributed by atoms with E-state index >= 15 is 0 Å². The molecule has 0 spiro atoms. The van der Waals surface area contributed by atoms with Gasteiger partial charge in [-0.25, -0.2) is 4.99 Å². The van der Waals surface area contributed by atoms with Crippen molar-refractivity contribution in [3.05, 3.63) is 53.0 Å². The molecule has 0 aromatic heterocycles. The molecule has 0 saturated heterocycles. The smallest absolute Gasteiger partial charge is 0.294 e. The first-order chi connectivity index (χ1) is 11.3. The van der Waals surface area contributed by atoms with Crippen LogP contribution in [0.5, 0.6) is 5.75 Å². The van der Waals surface area contributed by atoms with Gasteiger partial charge >= 0.3 is 0 Å². The van der Waals surface area contributed by atoms with Crippen LogP contribution in [-0.4, -0.2) is 25.5 Å². The number of carbonyl (C=O) groups is 1. The van der Waals surface area contributed by atoms with Crippen molar-refractivity contribution in [1.82, 2.24) is 0 Å². The summed E-state index contributed by atoms with van der Waals surface area (Å²) in [6, 6.07) is 11.1. The zero-order valence-electron chi connectivity index (χ0n) is 12.8. The fourth-order valence-corrected chi connectivity index (χ4v) is 2.44. The zero-order chi connectivity index (χ0) is 17.7. The minimum Gasteiger partial charge on any atom is -0.494 e. The van der Waals surface area contributed by atoms with Gasteiger partial charge in [0.05, 0.1) is 16.9 Å². The van der Waals surface area contributed by atoms with Gasteiger partial charge in [0.2, 0.25) is 0 Å². The van der Waals surface area contributed by atoms with Gasteiger partial charge in [0.15, 0.2) is 0 Å². The maximum Gasteiger partial charge on any atom is 0.294 e. The third-order valence-electron chi connectivity index (χ3n) is 3.00. The molecule has 2 aromatic rings. The predicted molar refractivity (Wildman–Crippen MR) is 88.5 cm³/mol. The van der Waals surface area contributed by atoms with Crippen LogP contribution in [-0.2, 0) is 14.9 Å². The lowest BCUT2D eigenvalue weighted by atomic mass is 10.3. The average Bonchev–Trinajstić information content (AvgIpc) is 2.89. The molecule has 126 valence electrons. The van der Waals surface area contributed by atoms with Crippen molar-refractivity contribution in [3.63, 3.8) is 0 Å². The van der Waals surface area contributed by atoms with Crippen molar-refractivity contribution >= 4 is 27.8 Å². The number of hydrogen-bond donors (Lipinski definition) is 2. The van der Waals surface area contributed by atoms with Crippen molar-refractivity contribution < 1.29 is 22.5 Å². The summed E-state index contributed by atoms with van der Waals surface area (Å²) in [5.74, 6) is 0.448. The summed E-state index contributed by atoms with van der Waals surface area (Å²) in [6.07, 6.45) is 1.21. The highest BCUT2D eigenvalue weighted by molar-refractivity contribution is 7.85. The van der Waals surface area contributed by atoms with Gasteiger partial charge < -0.3 is 10.5 Å². The molecule has 0 saturated carbocycles. The summed E-state index contributed by atoms with van der Waals surface area (Å²) in [5, 5.41) is 0.826. The van der Waals surface area contributed by atoms with E-state index in [9.17, 15) is 13.2 Å². The summed E-state index contributed by atoms with van der Waals surface area (Å²) in [7, 11) is -4.21. The second-order valence-electron chi connectivity index (χ2n) is 4.79. The van der Waals surface area contributed by atoms with Crippen LogP contribution in [0.3, 0.4) is 0 Å². The Balaban J connectivity index is 0.000000185. The Bertz CT molecular complexity index is 967. The zero-order valence-corrected chi connectivity index (χ0v) is 13.7.